The first-order valence-corrected chi connectivity index (χ1v) is 6.21. The molecule has 1 aliphatic carbocycles. The van der Waals surface area contributed by atoms with E-state index in [1.54, 1.807) is 0 Å². The van der Waals surface area contributed by atoms with E-state index in [1.807, 2.05) is 6.92 Å². The number of aliphatic hydroxyl groups is 1. The number of aliphatic hydroxyl groups excluding tert-OH is 1. The van der Waals surface area contributed by atoms with Gasteiger partial charge in [-0.3, -0.25) is 0 Å². The molecule has 0 bridgehead atoms. The maximum absolute atomic E-state index is 9.91. The molecule has 1 aliphatic rings. The Hall–Kier alpha value is -0.820. The number of hydrogen-bond acceptors (Lipinski definition) is 1. The van der Waals surface area contributed by atoms with E-state index in [1.165, 1.54) is 0 Å². The van der Waals surface area contributed by atoms with E-state index in [2.05, 4.69) is 38.7 Å². The minimum absolute atomic E-state index is 0.295. The van der Waals surface area contributed by atoms with Crippen molar-refractivity contribution in [2.75, 3.05) is 0 Å². The fourth-order valence-corrected chi connectivity index (χ4v) is 1.92. The van der Waals surface area contributed by atoms with Gasteiger partial charge < -0.3 is 5.11 Å². The van der Waals surface area contributed by atoms with E-state index < -0.39 is 0 Å². The second-order valence-corrected chi connectivity index (χ2v) is 5.16. The molecule has 0 unspecified atom stereocenters. The van der Waals surface area contributed by atoms with E-state index in [0.29, 0.717) is 11.8 Å². The van der Waals surface area contributed by atoms with Gasteiger partial charge in [-0.1, -0.05) is 44.2 Å². The third-order valence-corrected chi connectivity index (χ3v) is 3.41. The normalized spacial score (nSPS) is 33.3. The molecular weight excluding hydrogens is 196 g/mol. The quantitative estimate of drug-likeness (QED) is 0.665. The molecule has 0 radical (unpaired) electrons. The minimum atomic E-state index is -0.295. The van der Waals surface area contributed by atoms with Gasteiger partial charge >= 0.3 is 0 Å². The molecule has 16 heavy (non-hydrogen) atoms. The van der Waals surface area contributed by atoms with Crippen LogP contribution in [0.5, 0.6) is 0 Å². The Labute approximate surface area is 99.6 Å². The summed E-state index contributed by atoms with van der Waals surface area (Å²) in [6, 6.07) is 0. The van der Waals surface area contributed by atoms with Gasteiger partial charge in [-0.25, -0.2) is 0 Å². The third-order valence-electron chi connectivity index (χ3n) is 3.41. The SMILES string of the molecule is C=C1/C=C/[C@H](C(C)C)C/C=C(/C)[C@@H](O)CC1. The molecule has 0 amide bonds. The van der Waals surface area contributed by atoms with Gasteiger partial charge in [-0.2, -0.15) is 0 Å². The van der Waals surface area contributed by atoms with E-state index in [9.17, 15) is 5.11 Å². The molecule has 0 saturated heterocycles. The van der Waals surface area contributed by atoms with Crippen molar-refractivity contribution in [1.29, 1.82) is 0 Å². The molecule has 0 aliphatic heterocycles. The fraction of sp³-hybridized carbons (Fsp3) is 0.600. The summed E-state index contributed by atoms with van der Waals surface area (Å²) in [7, 11) is 0. The van der Waals surface area contributed by atoms with E-state index in [0.717, 1.165) is 30.4 Å². The molecule has 1 nitrogen and oxygen atoms in total. The van der Waals surface area contributed by atoms with Crippen molar-refractivity contribution in [2.45, 2.75) is 46.1 Å². The van der Waals surface area contributed by atoms with Crippen molar-refractivity contribution in [3.63, 3.8) is 0 Å². The molecular formula is C15H24O. The van der Waals surface area contributed by atoms with Gasteiger partial charge in [-0.05, 0) is 43.6 Å². The Bertz CT molecular complexity index is 297. The summed E-state index contributed by atoms with van der Waals surface area (Å²) in [5.41, 5.74) is 2.23. The Balaban J connectivity index is 2.82. The van der Waals surface area contributed by atoms with Gasteiger partial charge in [0.05, 0.1) is 6.10 Å². The lowest BCUT2D eigenvalue weighted by atomic mass is 9.88. The molecule has 1 rings (SSSR count). The lowest BCUT2D eigenvalue weighted by Gasteiger charge is -2.19. The van der Waals surface area contributed by atoms with Crippen LogP contribution >= 0.6 is 0 Å². The fourth-order valence-electron chi connectivity index (χ4n) is 1.92. The first kappa shape index (κ1) is 13.2. The van der Waals surface area contributed by atoms with Crippen LogP contribution in [0.15, 0.2) is 36.0 Å². The van der Waals surface area contributed by atoms with Gasteiger partial charge in [0.25, 0.3) is 0 Å². The van der Waals surface area contributed by atoms with Crippen LogP contribution in [0.25, 0.3) is 0 Å². The zero-order valence-electron chi connectivity index (χ0n) is 10.7. The van der Waals surface area contributed by atoms with Crippen LogP contribution in [0.3, 0.4) is 0 Å². The monoisotopic (exact) mass is 220 g/mol. The van der Waals surface area contributed by atoms with Crippen LogP contribution in [0.2, 0.25) is 0 Å². The maximum Gasteiger partial charge on any atom is 0.0750 e. The summed E-state index contributed by atoms with van der Waals surface area (Å²) in [4.78, 5) is 0. The Morgan fingerprint density at radius 2 is 2.12 bits per heavy atom. The van der Waals surface area contributed by atoms with Gasteiger partial charge in [0.2, 0.25) is 0 Å². The standard InChI is InChI=1S/C15H24O/c1-11(2)14-8-5-12(3)6-10-15(16)13(4)7-9-14/h5,7-8,11,14-16H,3,6,9-10H2,1-2,4H3/b8-5+,13-7-/t14-,15-/m0/s1. The molecule has 0 heterocycles. The maximum atomic E-state index is 9.91. The van der Waals surface area contributed by atoms with Gasteiger partial charge in [0.1, 0.15) is 0 Å². The highest BCUT2D eigenvalue weighted by molar-refractivity contribution is 5.18. The molecule has 90 valence electrons. The highest BCUT2D eigenvalue weighted by Gasteiger charge is 2.12. The van der Waals surface area contributed by atoms with Gasteiger partial charge in [0, 0.05) is 0 Å². The van der Waals surface area contributed by atoms with Crippen LogP contribution in [-0.4, -0.2) is 11.2 Å². The smallest absolute Gasteiger partial charge is 0.0750 e. The van der Waals surface area contributed by atoms with Crippen LogP contribution < -0.4 is 0 Å². The van der Waals surface area contributed by atoms with Crippen LogP contribution in [0.4, 0.5) is 0 Å². The van der Waals surface area contributed by atoms with E-state index in [-0.39, 0.29) is 6.10 Å². The molecule has 1 N–H and O–H groups in total. The topological polar surface area (TPSA) is 20.2 Å². The molecule has 0 aromatic rings. The van der Waals surface area contributed by atoms with E-state index in [4.69, 9.17) is 0 Å². The van der Waals surface area contributed by atoms with Crippen LogP contribution in [0, 0.1) is 11.8 Å². The van der Waals surface area contributed by atoms with E-state index >= 15 is 0 Å². The summed E-state index contributed by atoms with van der Waals surface area (Å²) >= 11 is 0. The molecule has 0 spiro atoms. The van der Waals surface area contributed by atoms with Crippen LogP contribution in [-0.2, 0) is 0 Å². The third kappa shape index (κ3) is 3.97. The second-order valence-electron chi connectivity index (χ2n) is 5.16. The molecule has 2 atom stereocenters. The lowest BCUT2D eigenvalue weighted by molar-refractivity contribution is 0.200. The Kier molecular flexibility index (Phi) is 5.01. The van der Waals surface area contributed by atoms with Crippen molar-refractivity contribution in [2.24, 2.45) is 11.8 Å². The number of hydrogen-bond donors (Lipinski definition) is 1. The zero-order valence-corrected chi connectivity index (χ0v) is 10.7. The Morgan fingerprint density at radius 1 is 1.44 bits per heavy atom. The second kappa shape index (κ2) is 6.05. The van der Waals surface area contributed by atoms with Crippen molar-refractivity contribution in [3.8, 4) is 0 Å². The first-order valence-electron chi connectivity index (χ1n) is 6.21. The molecule has 0 saturated carbocycles. The lowest BCUT2D eigenvalue weighted by Crippen LogP contribution is -2.11. The largest absolute Gasteiger partial charge is 0.389 e. The average Bonchev–Trinajstić information content (AvgIpc) is 2.23. The van der Waals surface area contributed by atoms with Crippen molar-refractivity contribution >= 4 is 0 Å². The van der Waals surface area contributed by atoms with Crippen molar-refractivity contribution < 1.29 is 5.11 Å². The molecule has 0 aromatic heterocycles. The predicted molar refractivity (Wildman–Crippen MR) is 70.2 cm³/mol. The average molecular weight is 220 g/mol. The number of rotatable bonds is 1. The first-order chi connectivity index (χ1) is 7.50. The van der Waals surface area contributed by atoms with Gasteiger partial charge in [-0.15, -0.1) is 0 Å². The summed E-state index contributed by atoms with van der Waals surface area (Å²) in [5.74, 6) is 1.18. The molecule has 0 fully saturated rings. The summed E-state index contributed by atoms with van der Waals surface area (Å²) < 4.78 is 0. The van der Waals surface area contributed by atoms with Crippen molar-refractivity contribution in [1.82, 2.24) is 0 Å². The predicted octanol–water partition coefficient (Wildman–Crippen LogP) is 3.86. The summed E-state index contributed by atoms with van der Waals surface area (Å²) in [6.07, 6.45) is 8.99. The molecule has 0 aromatic carbocycles. The highest BCUT2D eigenvalue weighted by Crippen LogP contribution is 2.23. The zero-order chi connectivity index (χ0) is 12.1. The number of allylic oxidation sites excluding steroid dienone is 4. The minimum Gasteiger partial charge on any atom is -0.389 e. The summed E-state index contributed by atoms with van der Waals surface area (Å²) in [6.45, 7) is 10.5. The Morgan fingerprint density at radius 3 is 2.75 bits per heavy atom. The van der Waals surface area contributed by atoms with Crippen molar-refractivity contribution in [3.05, 3.63) is 36.0 Å². The summed E-state index contributed by atoms with van der Waals surface area (Å²) in [5, 5.41) is 9.91. The van der Waals surface area contributed by atoms with Gasteiger partial charge in [0.15, 0.2) is 0 Å². The molecule has 1 heteroatoms. The highest BCUT2D eigenvalue weighted by atomic mass is 16.3. The van der Waals surface area contributed by atoms with Crippen LogP contribution in [0.1, 0.15) is 40.0 Å².